The van der Waals surface area contributed by atoms with E-state index in [-0.39, 0.29) is 5.91 Å². The first-order valence-electron chi connectivity index (χ1n) is 10.6. The van der Waals surface area contributed by atoms with Gasteiger partial charge >= 0.3 is 5.97 Å². The van der Waals surface area contributed by atoms with Crippen LogP contribution in [0.3, 0.4) is 0 Å². The van der Waals surface area contributed by atoms with Crippen molar-refractivity contribution in [1.82, 2.24) is 4.90 Å². The van der Waals surface area contributed by atoms with Gasteiger partial charge in [0.2, 0.25) is 0 Å². The lowest BCUT2D eigenvalue weighted by Gasteiger charge is -2.22. The molecule has 3 aromatic carbocycles. The number of nitrogens with zero attached hydrogens (tertiary/aromatic N) is 1. The Morgan fingerprint density at radius 2 is 1.61 bits per heavy atom. The Kier molecular flexibility index (Phi) is 5.40. The van der Waals surface area contributed by atoms with E-state index in [2.05, 4.69) is 0 Å². The summed E-state index contributed by atoms with van der Waals surface area (Å²) in [4.78, 5) is 27.2. The minimum absolute atomic E-state index is 0.0197. The number of amides is 1. The van der Waals surface area contributed by atoms with Crippen molar-refractivity contribution in [2.24, 2.45) is 0 Å². The molecule has 4 heteroatoms. The highest BCUT2D eigenvalue weighted by Crippen LogP contribution is 2.42. The predicted molar refractivity (Wildman–Crippen MR) is 122 cm³/mol. The van der Waals surface area contributed by atoms with Crippen LogP contribution in [0.1, 0.15) is 56.6 Å². The summed E-state index contributed by atoms with van der Waals surface area (Å²) in [6.07, 6.45) is 0. The van der Waals surface area contributed by atoms with Crippen LogP contribution in [-0.4, -0.2) is 21.9 Å². The summed E-state index contributed by atoms with van der Waals surface area (Å²) in [5, 5.41) is 9.83. The molecule has 1 atom stereocenters. The summed E-state index contributed by atoms with van der Waals surface area (Å²) in [5.41, 5.74) is 8.37. The van der Waals surface area contributed by atoms with E-state index in [0.29, 0.717) is 18.7 Å². The Morgan fingerprint density at radius 3 is 2.23 bits per heavy atom. The fraction of sp³-hybridized carbons (Fsp3) is 0.259. The molecule has 4 nitrogen and oxygen atoms in total. The molecule has 0 aliphatic carbocycles. The number of carbonyl (C=O) groups excluding carboxylic acids is 1. The van der Waals surface area contributed by atoms with E-state index in [1.807, 2.05) is 80.3 Å². The Hall–Kier alpha value is -3.40. The molecule has 3 aromatic rings. The van der Waals surface area contributed by atoms with Crippen LogP contribution in [0.2, 0.25) is 0 Å². The number of hydrogen-bond donors (Lipinski definition) is 1. The smallest absolute Gasteiger partial charge is 0.310 e. The van der Waals surface area contributed by atoms with Crippen LogP contribution in [0.25, 0.3) is 11.1 Å². The van der Waals surface area contributed by atoms with Gasteiger partial charge in [0.25, 0.3) is 5.91 Å². The lowest BCUT2D eigenvalue weighted by molar-refractivity contribution is -0.138. The van der Waals surface area contributed by atoms with E-state index in [1.165, 1.54) is 0 Å². The van der Waals surface area contributed by atoms with Crippen LogP contribution in [0.5, 0.6) is 0 Å². The number of carboxylic acids is 1. The first kappa shape index (κ1) is 20.9. The van der Waals surface area contributed by atoms with Crippen molar-refractivity contribution < 1.29 is 14.7 Å². The van der Waals surface area contributed by atoms with Crippen molar-refractivity contribution in [3.05, 3.63) is 93.5 Å². The molecule has 0 aromatic heterocycles. The summed E-state index contributed by atoms with van der Waals surface area (Å²) >= 11 is 0. The molecule has 1 aliphatic heterocycles. The van der Waals surface area contributed by atoms with Crippen LogP contribution in [0, 0.1) is 20.8 Å². The second-order valence-corrected chi connectivity index (χ2v) is 8.46. The van der Waals surface area contributed by atoms with Gasteiger partial charge in [-0.05, 0) is 66.6 Å². The highest BCUT2D eigenvalue weighted by molar-refractivity contribution is 6.02. The van der Waals surface area contributed by atoms with E-state index in [1.54, 1.807) is 6.92 Å². The van der Waals surface area contributed by atoms with Crippen molar-refractivity contribution in [3.8, 4) is 11.1 Å². The lowest BCUT2D eigenvalue weighted by Crippen LogP contribution is -2.23. The number of carboxylic acid groups (broad SMARTS) is 1. The first-order valence-corrected chi connectivity index (χ1v) is 10.6. The molecule has 1 N–H and O–H groups in total. The number of benzene rings is 3. The molecule has 1 unspecified atom stereocenters. The molecule has 4 rings (SSSR count). The van der Waals surface area contributed by atoms with Crippen molar-refractivity contribution in [1.29, 1.82) is 0 Å². The monoisotopic (exact) mass is 413 g/mol. The van der Waals surface area contributed by atoms with Gasteiger partial charge in [-0.3, -0.25) is 9.59 Å². The molecule has 0 bridgehead atoms. The molecular formula is C27H27NO3. The summed E-state index contributed by atoms with van der Waals surface area (Å²) in [6.45, 7) is 8.73. The molecule has 0 saturated carbocycles. The molecule has 31 heavy (non-hydrogen) atoms. The summed E-state index contributed by atoms with van der Waals surface area (Å²) in [6, 6.07) is 18.1. The zero-order valence-corrected chi connectivity index (χ0v) is 18.4. The molecule has 158 valence electrons. The van der Waals surface area contributed by atoms with E-state index < -0.39 is 11.9 Å². The number of carbonyl (C=O) groups is 2. The van der Waals surface area contributed by atoms with Gasteiger partial charge < -0.3 is 10.0 Å². The van der Waals surface area contributed by atoms with Crippen molar-refractivity contribution in [2.75, 3.05) is 0 Å². The molecule has 1 aliphatic rings. The van der Waals surface area contributed by atoms with Gasteiger partial charge in [0.05, 0.1) is 5.92 Å². The maximum Gasteiger partial charge on any atom is 0.310 e. The Labute approximate surface area is 183 Å². The third-order valence-corrected chi connectivity index (χ3v) is 6.39. The SMILES string of the molecule is Cc1ccc(-c2c(C)c3c(c(C)c2C(C)C(=O)O)C(=O)N(Cc2ccccc2)C3)cc1. The summed E-state index contributed by atoms with van der Waals surface area (Å²) < 4.78 is 0. The minimum Gasteiger partial charge on any atom is -0.481 e. The van der Waals surface area contributed by atoms with Crippen LogP contribution < -0.4 is 0 Å². The van der Waals surface area contributed by atoms with Crippen molar-refractivity contribution in [3.63, 3.8) is 0 Å². The molecule has 0 saturated heterocycles. The number of aryl methyl sites for hydroxylation is 1. The van der Waals surface area contributed by atoms with Crippen LogP contribution in [0.15, 0.2) is 54.6 Å². The highest BCUT2D eigenvalue weighted by Gasteiger charge is 2.35. The van der Waals surface area contributed by atoms with Crippen LogP contribution >= 0.6 is 0 Å². The molecular weight excluding hydrogens is 386 g/mol. The minimum atomic E-state index is -0.887. The van der Waals surface area contributed by atoms with Gasteiger partial charge in [-0.25, -0.2) is 0 Å². The maximum absolute atomic E-state index is 13.4. The van der Waals surface area contributed by atoms with E-state index in [9.17, 15) is 14.7 Å². The second-order valence-electron chi connectivity index (χ2n) is 8.46. The Bertz CT molecular complexity index is 1160. The molecule has 0 fully saturated rings. The number of fused-ring (bicyclic) bond motifs is 1. The van der Waals surface area contributed by atoms with Gasteiger partial charge in [-0.2, -0.15) is 0 Å². The van der Waals surface area contributed by atoms with Crippen molar-refractivity contribution in [2.45, 2.75) is 46.7 Å². The standard InChI is InChI=1S/C27H27NO3/c1-16-10-12-21(13-11-16)24-17(2)22-15-28(14-20-8-6-5-7-9-20)26(29)25(22)18(3)23(24)19(4)27(30)31/h5-13,19H,14-15H2,1-4H3,(H,30,31). The topological polar surface area (TPSA) is 57.6 Å². The normalized spacial score (nSPS) is 13.9. The van der Waals surface area contributed by atoms with Gasteiger partial charge in [0.1, 0.15) is 0 Å². The third kappa shape index (κ3) is 3.63. The maximum atomic E-state index is 13.4. The van der Waals surface area contributed by atoms with E-state index in [0.717, 1.165) is 44.5 Å². The Morgan fingerprint density at radius 1 is 0.968 bits per heavy atom. The fourth-order valence-electron chi connectivity index (χ4n) is 4.69. The lowest BCUT2D eigenvalue weighted by atomic mass is 9.80. The number of rotatable bonds is 5. The van der Waals surface area contributed by atoms with E-state index in [4.69, 9.17) is 0 Å². The van der Waals surface area contributed by atoms with Crippen LogP contribution in [-0.2, 0) is 17.9 Å². The van der Waals surface area contributed by atoms with Gasteiger partial charge in [0.15, 0.2) is 0 Å². The zero-order valence-electron chi connectivity index (χ0n) is 18.4. The number of hydrogen-bond acceptors (Lipinski definition) is 2. The van der Waals surface area contributed by atoms with Gasteiger partial charge in [0, 0.05) is 18.7 Å². The Balaban J connectivity index is 1.89. The average molecular weight is 414 g/mol. The van der Waals surface area contributed by atoms with E-state index >= 15 is 0 Å². The number of aliphatic carboxylic acids is 1. The quantitative estimate of drug-likeness (QED) is 0.590. The fourth-order valence-corrected chi connectivity index (χ4v) is 4.69. The predicted octanol–water partition coefficient (Wildman–Crippen LogP) is 5.62. The zero-order chi connectivity index (χ0) is 22.3. The molecule has 1 heterocycles. The second kappa shape index (κ2) is 8.03. The van der Waals surface area contributed by atoms with Gasteiger partial charge in [-0.1, -0.05) is 60.2 Å². The average Bonchev–Trinajstić information content (AvgIpc) is 3.08. The largest absolute Gasteiger partial charge is 0.481 e. The molecule has 0 spiro atoms. The molecule has 0 radical (unpaired) electrons. The summed E-state index contributed by atoms with van der Waals surface area (Å²) in [7, 11) is 0. The van der Waals surface area contributed by atoms with Crippen molar-refractivity contribution >= 4 is 11.9 Å². The highest BCUT2D eigenvalue weighted by atomic mass is 16.4. The summed E-state index contributed by atoms with van der Waals surface area (Å²) in [5.74, 6) is -1.62. The van der Waals surface area contributed by atoms with Crippen LogP contribution in [0.4, 0.5) is 0 Å². The molecule has 1 amide bonds. The van der Waals surface area contributed by atoms with Gasteiger partial charge in [-0.15, -0.1) is 0 Å². The first-order chi connectivity index (χ1) is 14.8. The third-order valence-electron chi connectivity index (χ3n) is 6.39.